The Labute approximate surface area is 103 Å². The van der Waals surface area contributed by atoms with Gasteiger partial charge in [0.05, 0.1) is 11.7 Å². The maximum atomic E-state index is 5.90. The molecule has 1 aromatic heterocycles. The van der Waals surface area contributed by atoms with Crippen LogP contribution in [0.5, 0.6) is 0 Å². The molecule has 15 heavy (non-hydrogen) atoms. The van der Waals surface area contributed by atoms with Crippen molar-refractivity contribution in [2.24, 2.45) is 0 Å². The van der Waals surface area contributed by atoms with Crippen molar-refractivity contribution in [2.75, 3.05) is 11.6 Å². The van der Waals surface area contributed by atoms with E-state index in [1.807, 2.05) is 11.8 Å². The maximum absolute atomic E-state index is 5.90. The second kappa shape index (κ2) is 5.37. The predicted molar refractivity (Wildman–Crippen MR) is 68.1 cm³/mol. The van der Waals surface area contributed by atoms with Gasteiger partial charge in [0.15, 0.2) is 11.0 Å². The molecule has 0 bridgehead atoms. The average Bonchev–Trinajstić information content (AvgIpc) is 2.65. The molecule has 0 amide bonds. The van der Waals surface area contributed by atoms with Crippen molar-refractivity contribution >= 4 is 40.9 Å². The summed E-state index contributed by atoms with van der Waals surface area (Å²) in [6, 6.07) is 0.512. The Bertz CT molecular complexity index is 318. The third-order valence-corrected chi connectivity index (χ3v) is 4.74. The Morgan fingerprint density at radius 2 is 2.33 bits per heavy atom. The van der Waals surface area contributed by atoms with Gasteiger partial charge in [-0.1, -0.05) is 18.0 Å². The van der Waals surface area contributed by atoms with Gasteiger partial charge in [0.25, 0.3) is 0 Å². The lowest BCUT2D eigenvalue weighted by molar-refractivity contribution is 0.473. The number of rotatable bonds is 3. The summed E-state index contributed by atoms with van der Waals surface area (Å²) in [5.41, 5.74) is 0. The largest absolute Gasteiger partial charge is 0.364 e. The number of thioether (sulfide) groups is 1. The number of anilines is 1. The summed E-state index contributed by atoms with van der Waals surface area (Å²) in [5, 5.41) is 4.67. The monoisotopic (exact) mass is 263 g/mol. The van der Waals surface area contributed by atoms with Crippen LogP contribution >= 0.6 is 35.1 Å². The molecular weight excluding hydrogens is 250 g/mol. The second-order valence-electron chi connectivity index (χ2n) is 3.77. The predicted octanol–water partition coefficient (Wildman–Crippen LogP) is 3.28. The zero-order valence-corrected chi connectivity index (χ0v) is 11.0. The Morgan fingerprint density at radius 3 is 3.00 bits per heavy atom. The normalized spacial score (nSPS) is 26.5. The molecule has 1 fully saturated rings. The highest BCUT2D eigenvalue weighted by molar-refractivity contribution is 7.99. The van der Waals surface area contributed by atoms with Crippen LogP contribution in [-0.2, 0) is 0 Å². The molecular formula is C9H14ClN3S2. The van der Waals surface area contributed by atoms with E-state index < -0.39 is 0 Å². The standard InChI is InChI=1S/C9H14ClN3S2/c1-14-7-4-2-3-6(5-7)11-9-8(10)12-15-13-9/h6-7H,2-5H2,1H3,(H,11,13). The molecule has 0 aromatic carbocycles. The summed E-state index contributed by atoms with van der Waals surface area (Å²) in [6.07, 6.45) is 7.23. The van der Waals surface area contributed by atoms with Crippen LogP contribution in [0.15, 0.2) is 0 Å². The van der Waals surface area contributed by atoms with Gasteiger partial charge < -0.3 is 5.32 Å². The van der Waals surface area contributed by atoms with Crippen molar-refractivity contribution < 1.29 is 0 Å². The fourth-order valence-corrected chi connectivity index (χ4v) is 3.43. The Kier molecular flexibility index (Phi) is 4.11. The van der Waals surface area contributed by atoms with Crippen molar-refractivity contribution in [3.05, 3.63) is 5.15 Å². The van der Waals surface area contributed by atoms with E-state index >= 15 is 0 Å². The van der Waals surface area contributed by atoms with E-state index in [1.165, 1.54) is 25.7 Å². The first-order valence-electron chi connectivity index (χ1n) is 5.07. The molecule has 2 atom stereocenters. The van der Waals surface area contributed by atoms with Crippen LogP contribution in [0, 0.1) is 0 Å². The highest BCUT2D eigenvalue weighted by Gasteiger charge is 2.22. The summed E-state index contributed by atoms with van der Waals surface area (Å²) in [5.74, 6) is 0.758. The lowest BCUT2D eigenvalue weighted by atomic mass is 9.95. The lowest BCUT2D eigenvalue weighted by Gasteiger charge is -2.28. The first kappa shape index (κ1) is 11.5. The number of hydrogen-bond donors (Lipinski definition) is 1. The molecule has 1 aliphatic rings. The van der Waals surface area contributed by atoms with Crippen LogP contribution in [0.3, 0.4) is 0 Å². The first-order valence-corrected chi connectivity index (χ1v) is 7.46. The third-order valence-electron chi connectivity index (χ3n) is 2.75. The van der Waals surface area contributed by atoms with E-state index in [4.69, 9.17) is 11.6 Å². The van der Waals surface area contributed by atoms with Gasteiger partial charge in [0.1, 0.15) is 0 Å². The molecule has 2 unspecified atom stereocenters. The van der Waals surface area contributed by atoms with E-state index in [9.17, 15) is 0 Å². The number of nitrogens with one attached hydrogen (secondary N) is 1. The van der Waals surface area contributed by atoms with E-state index in [1.54, 1.807) is 0 Å². The molecule has 0 radical (unpaired) electrons. The molecule has 3 nitrogen and oxygen atoms in total. The number of halogens is 1. The molecule has 1 aliphatic carbocycles. The molecule has 0 saturated heterocycles. The van der Waals surface area contributed by atoms with Crippen molar-refractivity contribution in [1.29, 1.82) is 0 Å². The number of hydrogen-bond acceptors (Lipinski definition) is 5. The van der Waals surface area contributed by atoms with Crippen LogP contribution in [-0.4, -0.2) is 26.3 Å². The van der Waals surface area contributed by atoms with Gasteiger partial charge in [-0.2, -0.15) is 20.5 Å². The van der Waals surface area contributed by atoms with Crippen molar-refractivity contribution in [1.82, 2.24) is 8.75 Å². The van der Waals surface area contributed by atoms with E-state index in [0.29, 0.717) is 11.2 Å². The fourth-order valence-electron chi connectivity index (χ4n) is 1.95. The molecule has 1 aromatic rings. The summed E-state index contributed by atoms with van der Waals surface area (Å²) in [4.78, 5) is 0. The van der Waals surface area contributed by atoms with Crippen LogP contribution in [0.2, 0.25) is 5.15 Å². The Balaban J connectivity index is 1.92. The van der Waals surface area contributed by atoms with Crippen LogP contribution < -0.4 is 5.32 Å². The van der Waals surface area contributed by atoms with Crippen molar-refractivity contribution in [2.45, 2.75) is 37.0 Å². The van der Waals surface area contributed by atoms with Gasteiger partial charge in [-0.25, -0.2) is 0 Å². The van der Waals surface area contributed by atoms with Gasteiger partial charge >= 0.3 is 0 Å². The van der Waals surface area contributed by atoms with Gasteiger partial charge in [-0.05, 0) is 25.5 Å². The topological polar surface area (TPSA) is 37.8 Å². The van der Waals surface area contributed by atoms with Crippen LogP contribution in [0.4, 0.5) is 5.82 Å². The zero-order chi connectivity index (χ0) is 10.7. The van der Waals surface area contributed by atoms with Gasteiger partial charge in [0, 0.05) is 11.3 Å². The van der Waals surface area contributed by atoms with Crippen LogP contribution in [0.1, 0.15) is 25.7 Å². The number of aromatic nitrogens is 2. The van der Waals surface area contributed by atoms with Gasteiger partial charge in [-0.15, -0.1) is 0 Å². The summed E-state index contributed by atoms with van der Waals surface area (Å²) < 4.78 is 8.09. The van der Waals surface area contributed by atoms with Gasteiger partial charge in [-0.3, -0.25) is 0 Å². The summed E-state index contributed by atoms with van der Waals surface area (Å²) in [7, 11) is 0. The highest BCUT2D eigenvalue weighted by atomic mass is 35.5. The third kappa shape index (κ3) is 2.98. The minimum atomic E-state index is 0.506. The minimum Gasteiger partial charge on any atom is -0.364 e. The molecule has 2 rings (SSSR count). The Morgan fingerprint density at radius 1 is 1.47 bits per heavy atom. The molecule has 84 valence electrons. The smallest absolute Gasteiger partial charge is 0.186 e. The SMILES string of the molecule is CSC1CCCC(Nc2nsnc2Cl)C1. The highest BCUT2D eigenvalue weighted by Crippen LogP contribution is 2.29. The van der Waals surface area contributed by atoms with Gasteiger partial charge in [0.2, 0.25) is 0 Å². The second-order valence-corrected chi connectivity index (χ2v) is 5.79. The summed E-state index contributed by atoms with van der Waals surface area (Å²) in [6.45, 7) is 0. The fraction of sp³-hybridized carbons (Fsp3) is 0.778. The lowest BCUT2D eigenvalue weighted by Crippen LogP contribution is -2.28. The maximum Gasteiger partial charge on any atom is 0.186 e. The molecule has 6 heteroatoms. The quantitative estimate of drug-likeness (QED) is 0.908. The molecule has 0 spiro atoms. The molecule has 0 aliphatic heterocycles. The van der Waals surface area contributed by atoms with Crippen LogP contribution in [0.25, 0.3) is 0 Å². The zero-order valence-electron chi connectivity index (χ0n) is 8.57. The molecule has 1 N–H and O–H groups in total. The van der Waals surface area contributed by atoms with E-state index in [0.717, 1.165) is 22.8 Å². The minimum absolute atomic E-state index is 0.506. The molecule has 1 heterocycles. The van der Waals surface area contributed by atoms with E-state index in [-0.39, 0.29) is 0 Å². The van der Waals surface area contributed by atoms with Crippen molar-refractivity contribution in [3.63, 3.8) is 0 Å². The summed E-state index contributed by atoms with van der Waals surface area (Å²) >= 11 is 9.02. The Hall–Kier alpha value is -0.0000000000000000555. The molecule has 1 saturated carbocycles. The first-order chi connectivity index (χ1) is 7.29. The number of nitrogens with zero attached hydrogens (tertiary/aromatic N) is 2. The van der Waals surface area contributed by atoms with Crippen molar-refractivity contribution in [3.8, 4) is 0 Å². The average molecular weight is 264 g/mol. The van der Waals surface area contributed by atoms with E-state index in [2.05, 4.69) is 20.3 Å².